The first-order chi connectivity index (χ1) is 34.0. The number of aromatic amines is 1. The predicted molar refractivity (Wildman–Crippen MR) is 265 cm³/mol. The number of aromatic nitrogens is 1. The van der Waals surface area contributed by atoms with Crippen molar-refractivity contribution in [2.24, 2.45) is 11.3 Å². The molecule has 3 saturated heterocycles. The molecule has 0 bridgehead atoms. The number of aliphatic hydroxyl groups is 2. The first-order valence-corrected chi connectivity index (χ1v) is 24.3. The summed E-state index contributed by atoms with van der Waals surface area (Å²) in [5, 5.41) is 37.1. The zero-order valence-electron chi connectivity index (χ0n) is 39.3. The van der Waals surface area contributed by atoms with Gasteiger partial charge in [-0.1, -0.05) is 91.0 Å². The lowest BCUT2D eigenvalue weighted by molar-refractivity contribution is -0.164. The number of aliphatic hydroxyl groups excluding tert-OH is 1. The third-order valence-electron chi connectivity index (χ3n) is 14.4. The molecule has 4 heterocycles. The summed E-state index contributed by atoms with van der Waals surface area (Å²) in [4.78, 5) is 61.3. The summed E-state index contributed by atoms with van der Waals surface area (Å²) in [5.41, 5.74) is 2.04. The molecular formula is C56H61N5O9. The lowest BCUT2D eigenvalue weighted by Crippen LogP contribution is -2.62. The van der Waals surface area contributed by atoms with Gasteiger partial charge >= 0.3 is 5.97 Å². The third kappa shape index (κ3) is 11.0. The molecule has 2 amide bonds. The molecule has 14 nitrogen and oxygen atoms in total. The number of amides is 2. The summed E-state index contributed by atoms with van der Waals surface area (Å²) < 4.78 is 11.9. The summed E-state index contributed by atoms with van der Waals surface area (Å²) in [5.74, 6) is -0.447. The number of hydrogen-bond donors (Lipinski definition) is 5. The highest BCUT2D eigenvalue weighted by Gasteiger charge is 2.47. The second-order valence-corrected chi connectivity index (χ2v) is 19.2. The van der Waals surface area contributed by atoms with E-state index in [1.54, 1.807) is 65.6 Å². The van der Waals surface area contributed by atoms with Crippen LogP contribution in [0.3, 0.4) is 0 Å². The van der Waals surface area contributed by atoms with Gasteiger partial charge in [0.05, 0.1) is 18.2 Å². The fourth-order valence-corrected chi connectivity index (χ4v) is 10.1. The quantitative estimate of drug-likeness (QED) is 0.0539. The first-order valence-electron chi connectivity index (χ1n) is 24.3. The number of benzene rings is 5. The zero-order chi connectivity index (χ0) is 48.7. The Morgan fingerprint density at radius 2 is 1.49 bits per heavy atom. The number of H-pyrrole nitrogens is 1. The maximum absolute atomic E-state index is 13.9. The molecule has 9 rings (SSSR count). The van der Waals surface area contributed by atoms with Crippen molar-refractivity contribution in [2.75, 3.05) is 65.6 Å². The third-order valence-corrected chi connectivity index (χ3v) is 14.4. The van der Waals surface area contributed by atoms with E-state index < -0.39 is 17.7 Å². The van der Waals surface area contributed by atoms with Crippen molar-refractivity contribution in [2.45, 2.75) is 50.4 Å². The van der Waals surface area contributed by atoms with Crippen molar-refractivity contribution in [3.63, 3.8) is 0 Å². The highest BCUT2D eigenvalue weighted by molar-refractivity contribution is 5.94. The van der Waals surface area contributed by atoms with Gasteiger partial charge in [0.25, 0.3) is 11.8 Å². The van der Waals surface area contributed by atoms with E-state index in [1.807, 2.05) is 41.3 Å². The minimum atomic E-state index is -2.09. The molecule has 3 aliphatic rings. The molecule has 1 aromatic heterocycles. The van der Waals surface area contributed by atoms with Crippen molar-refractivity contribution in [1.29, 1.82) is 0 Å². The highest BCUT2D eigenvalue weighted by Crippen LogP contribution is 2.41. The number of phenolic OH excluding ortho intramolecular Hbond substituents is 1. The molecule has 0 aliphatic carbocycles. The minimum absolute atomic E-state index is 0.0177. The highest BCUT2D eigenvalue weighted by atomic mass is 16.6. The van der Waals surface area contributed by atoms with Gasteiger partial charge in [-0.05, 0) is 116 Å². The number of likely N-dealkylation sites (tertiary alicyclic amines) is 3. The summed E-state index contributed by atoms with van der Waals surface area (Å²) in [7, 11) is 0. The molecule has 6 aromatic rings. The standard InChI is InChI=1S/C56H61N5O9/c62-48-20-18-46(47-19-21-50(64)58-52(47)48)49(63)33-57-27-22-39-14-16-42(17-15-39)53(66)60-30-25-55(26-31-60)37-61(38-55)51(65)36-69-45-13-7-12-44(32-45)56(68,43-10-5-2-6-11-43)54(67)70-35-41-23-28-59(29-24-41)34-40-8-3-1-4-9-40/h1-21,32,41,49,57,62-63,68H,22-31,33-38H2,(H,58,64)/t49-,56?/m0/s1. The van der Waals surface area contributed by atoms with Crippen LogP contribution in [-0.2, 0) is 32.9 Å². The molecular weight excluding hydrogens is 887 g/mol. The number of fused-ring (bicyclic) bond motifs is 1. The van der Waals surface area contributed by atoms with Crippen molar-refractivity contribution < 1.29 is 39.2 Å². The van der Waals surface area contributed by atoms with Gasteiger partial charge in [0.15, 0.2) is 6.61 Å². The van der Waals surface area contributed by atoms with Crippen molar-refractivity contribution in [3.05, 3.63) is 177 Å². The Bertz CT molecular complexity index is 2820. The molecule has 2 atom stereocenters. The maximum Gasteiger partial charge on any atom is 0.347 e. The number of nitrogens with one attached hydrogen (secondary N) is 2. The zero-order valence-corrected chi connectivity index (χ0v) is 39.3. The van der Waals surface area contributed by atoms with Crippen LogP contribution in [0.4, 0.5) is 0 Å². The maximum atomic E-state index is 13.9. The van der Waals surface area contributed by atoms with E-state index in [1.165, 1.54) is 17.7 Å². The van der Waals surface area contributed by atoms with E-state index in [0.717, 1.165) is 50.9 Å². The number of carbonyl (C=O) groups is 3. The molecule has 14 heteroatoms. The number of piperidine rings is 2. The molecule has 5 N–H and O–H groups in total. The average molecular weight is 948 g/mol. The fraction of sp³-hybridized carbons (Fsp3) is 0.357. The van der Waals surface area contributed by atoms with Gasteiger partial charge < -0.3 is 44.9 Å². The molecule has 3 aliphatic heterocycles. The number of phenols is 1. The molecule has 1 spiro atoms. The van der Waals surface area contributed by atoms with Crippen LogP contribution in [-0.4, -0.2) is 118 Å². The van der Waals surface area contributed by atoms with Crippen LogP contribution in [0.1, 0.15) is 70.0 Å². The smallest absolute Gasteiger partial charge is 0.347 e. The summed E-state index contributed by atoms with van der Waals surface area (Å²) in [6.45, 7) is 5.97. The van der Waals surface area contributed by atoms with Crippen LogP contribution in [0.2, 0.25) is 0 Å². The number of aromatic hydroxyl groups is 1. The van der Waals surface area contributed by atoms with Gasteiger partial charge in [-0.15, -0.1) is 0 Å². The number of esters is 1. The predicted octanol–water partition coefficient (Wildman–Crippen LogP) is 5.93. The van der Waals surface area contributed by atoms with E-state index in [2.05, 4.69) is 39.5 Å². The van der Waals surface area contributed by atoms with E-state index >= 15 is 0 Å². The van der Waals surface area contributed by atoms with Crippen LogP contribution >= 0.6 is 0 Å². The average Bonchev–Trinajstić information content (AvgIpc) is 3.38. The topological polar surface area (TPSA) is 185 Å². The second kappa shape index (κ2) is 21.4. The normalized spacial score (nSPS) is 17.4. The number of hydrogen-bond acceptors (Lipinski definition) is 11. The first kappa shape index (κ1) is 48.2. The molecule has 1 unspecified atom stereocenters. The lowest BCUT2D eigenvalue weighted by Gasteiger charge is -2.53. The summed E-state index contributed by atoms with van der Waals surface area (Å²) >= 11 is 0. The molecule has 70 heavy (non-hydrogen) atoms. The minimum Gasteiger partial charge on any atom is -0.506 e. The summed E-state index contributed by atoms with van der Waals surface area (Å²) in [6, 6.07) is 39.5. The van der Waals surface area contributed by atoms with E-state index in [4.69, 9.17) is 9.47 Å². The van der Waals surface area contributed by atoms with E-state index in [0.29, 0.717) is 72.5 Å². The Hall–Kier alpha value is -6.84. The molecule has 0 saturated carbocycles. The lowest BCUT2D eigenvalue weighted by atomic mass is 9.72. The Balaban J connectivity index is 0.708. The van der Waals surface area contributed by atoms with Gasteiger partial charge in [0.2, 0.25) is 11.2 Å². The number of pyridine rings is 1. The number of nitrogens with zero attached hydrogens (tertiary/aromatic N) is 3. The van der Waals surface area contributed by atoms with Crippen molar-refractivity contribution in [1.82, 2.24) is 25.0 Å². The van der Waals surface area contributed by atoms with Crippen molar-refractivity contribution in [3.8, 4) is 11.5 Å². The SMILES string of the molecule is O=C(COc1cccc(C(O)(C(=O)OCC2CCN(Cc3ccccc3)CC2)c2ccccc2)c1)N1CC2(CCN(C(=O)c3ccc(CCNC[C@H](O)c4ccc(O)c5[nH]c(=O)ccc45)cc3)CC2)C1. The fourth-order valence-electron chi connectivity index (χ4n) is 10.1. The van der Waals surface area contributed by atoms with E-state index in [9.17, 15) is 34.5 Å². The van der Waals surface area contributed by atoms with Gasteiger partial charge in [0.1, 0.15) is 11.5 Å². The second-order valence-electron chi connectivity index (χ2n) is 19.2. The van der Waals surface area contributed by atoms with Gasteiger partial charge in [0, 0.05) is 67.3 Å². The van der Waals surface area contributed by atoms with Crippen LogP contribution in [0.25, 0.3) is 10.9 Å². The Morgan fingerprint density at radius 3 is 2.21 bits per heavy atom. The molecule has 3 fully saturated rings. The van der Waals surface area contributed by atoms with Crippen molar-refractivity contribution >= 4 is 28.7 Å². The van der Waals surface area contributed by atoms with Crippen LogP contribution in [0.15, 0.2) is 138 Å². The number of rotatable bonds is 17. The largest absolute Gasteiger partial charge is 0.506 e. The monoisotopic (exact) mass is 947 g/mol. The van der Waals surface area contributed by atoms with Gasteiger partial charge in [-0.2, -0.15) is 0 Å². The number of carbonyl (C=O) groups excluding carboxylic acids is 3. The summed E-state index contributed by atoms with van der Waals surface area (Å²) in [6.07, 6.45) is 3.20. The molecule has 0 radical (unpaired) electrons. The molecule has 364 valence electrons. The van der Waals surface area contributed by atoms with Crippen LogP contribution < -0.4 is 15.6 Å². The van der Waals surface area contributed by atoms with Gasteiger partial charge in [-0.3, -0.25) is 19.3 Å². The Kier molecular flexibility index (Phi) is 14.8. The Morgan fingerprint density at radius 1 is 0.786 bits per heavy atom. The molecule has 5 aromatic carbocycles. The Labute approximate surface area is 407 Å². The van der Waals surface area contributed by atoms with E-state index in [-0.39, 0.29) is 59.8 Å². The van der Waals surface area contributed by atoms with Gasteiger partial charge in [-0.25, -0.2) is 4.79 Å². The number of ether oxygens (including phenoxy) is 2. The van der Waals surface area contributed by atoms with Crippen LogP contribution in [0.5, 0.6) is 11.5 Å². The van der Waals surface area contributed by atoms with Crippen LogP contribution in [0, 0.1) is 11.3 Å².